The summed E-state index contributed by atoms with van der Waals surface area (Å²) in [5.41, 5.74) is 2.23. The standard InChI is InChI=1S/C21H33N3O2/c1-22-9-7-20(8-10-22)23(2)15-21(26)24-11-6-18(14-24)12-17-4-3-5-19(13-17)16-25/h3-5,13,18,20,25H,6-12,14-16H2,1-2H3/t18-/m1/s1. The van der Waals surface area contributed by atoms with E-state index in [1.54, 1.807) is 0 Å². The number of amides is 1. The Bertz CT molecular complexity index is 599. The van der Waals surface area contributed by atoms with Crippen molar-refractivity contribution in [1.29, 1.82) is 0 Å². The Morgan fingerprint density at radius 2 is 1.92 bits per heavy atom. The first-order chi connectivity index (χ1) is 12.5. The van der Waals surface area contributed by atoms with Crippen LogP contribution in [0, 0.1) is 5.92 Å². The van der Waals surface area contributed by atoms with E-state index in [9.17, 15) is 9.90 Å². The fourth-order valence-electron chi connectivity index (χ4n) is 4.29. The van der Waals surface area contributed by atoms with Gasteiger partial charge in [-0.2, -0.15) is 0 Å². The van der Waals surface area contributed by atoms with Crippen LogP contribution in [0.1, 0.15) is 30.4 Å². The molecule has 0 unspecified atom stereocenters. The van der Waals surface area contributed by atoms with Crippen LogP contribution in [0.4, 0.5) is 0 Å². The third kappa shape index (κ3) is 5.06. The molecule has 5 heteroatoms. The van der Waals surface area contributed by atoms with Gasteiger partial charge in [-0.25, -0.2) is 0 Å². The van der Waals surface area contributed by atoms with Gasteiger partial charge in [0.2, 0.25) is 5.91 Å². The summed E-state index contributed by atoms with van der Waals surface area (Å²) in [6, 6.07) is 8.70. The average Bonchev–Trinajstić information content (AvgIpc) is 3.11. The van der Waals surface area contributed by atoms with Crippen LogP contribution in [0.3, 0.4) is 0 Å². The van der Waals surface area contributed by atoms with Gasteiger partial charge in [-0.05, 0) is 69.9 Å². The van der Waals surface area contributed by atoms with Gasteiger partial charge in [0, 0.05) is 19.1 Å². The number of carbonyl (C=O) groups excluding carboxylic acids is 1. The van der Waals surface area contributed by atoms with E-state index in [-0.39, 0.29) is 12.5 Å². The van der Waals surface area contributed by atoms with Gasteiger partial charge < -0.3 is 14.9 Å². The Hall–Kier alpha value is -1.43. The molecule has 1 amide bonds. The highest BCUT2D eigenvalue weighted by Crippen LogP contribution is 2.22. The van der Waals surface area contributed by atoms with Gasteiger partial charge in [-0.1, -0.05) is 24.3 Å². The molecule has 2 fully saturated rings. The lowest BCUT2D eigenvalue weighted by molar-refractivity contribution is -0.131. The molecule has 0 aromatic heterocycles. The predicted molar refractivity (Wildman–Crippen MR) is 104 cm³/mol. The molecule has 0 saturated carbocycles. The van der Waals surface area contributed by atoms with E-state index in [1.807, 2.05) is 17.0 Å². The molecule has 1 aromatic rings. The van der Waals surface area contributed by atoms with E-state index in [0.29, 0.717) is 18.5 Å². The van der Waals surface area contributed by atoms with Crippen molar-refractivity contribution in [1.82, 2.24) is 14.7 Å². The number of rotatable bonds is 6. The van der Waals surface area contributed by atoms with Crippen molar-refractivity contribution in [3.63, 3.8) is 0 Å². The molecular weight excluding hydrogens is 326 g/mol. The van der Waals surface area contributed by atoms with E-state index < -0.39 is 0 Å². The minimum atomic E-state index is 0.0897. The monoisotopic (exact) mass is 359 g/mol. The molecule has 0 radical (unpaired) electrons. The minimum absolute atomic E-state index is 0.0897. The third-order valence-electron chi connectivity index (χ3n) is 6.03. The lowest BCUT2D eigenvalue weighted by Gasteiger charge is -2.35. The first-order valence-corrected chi connectivity index (χ1v) is 9.90. The molecule has 26 heavy (non-hydrogen) atoms. The van der Waals surface area contributed by atoms with Crippen molar-refractivity contribution >= 4 is 5.91 Å². The van der Waals surface area contributed by atoms with Crippen LogP contribution in [-0.2, 0) is 17.8 Å². The van der Waals surface area contributed by atoms with Gasteiger partial charge in [-0.15, -0.1) is 0 Å². The highest BCUT2D eigenvalue weighted by molar-refractivity contribution is 5.78. The zero-order valence-electron chi connectivity index (χ0n) is 16.2. The molecule has 1 N–H and O–H groups in total. The highest BCUT2D eigenvalue weighted by Gasteiger charge is 2.28. The van der Waals surface area contributed by atoms with E-state index >= 15 is 0 Å². The number of aliphatic hydroxyl groups excluding tert-OH is 1. The Labute approximate surface area is 157 Å². The highest BCUT2D eigenvalue weighted by atomic mass is 16.3. The quantitative estimate of drug-likeness (QED) is 0.838. The van der Waals surface area contributed by atoms with Crippen molar-refractivity contribution in [3.8, 4) is 0 Å². The molecule has 0 bridgehead atoms. The first-order valence-electron chi connectivity index (χ1n) is 9.90. The third-order valence-corrected chi connectivity index (χ3v) is 6.03. The fraction of sp³-hybridized carbons (Fsp3) is 0.667. The molecule has 144 valence electrons. The summed E-state index contributed by atoms with van der Waals surface area (Å²) in [6.45, 7) is 4.63. The number of likely N-dealkylation sites (N-methyl/N-ethyl adjacent to an activating group) is 1. The Morgan fingerprint density at radius 3 is 2.65 bits per heavy atom. The maximum absolute atomic E-state index is 12.7. The van der Waals surface area contributed by atoms with Crippen LogP contribution in [0.25, 0.3) is 0 Å². The Balaban J connectivity index is 1.46. The van der Waals surface area contributed by atoms with E-state index in [1.165, 1.54) is 5.56 Å². The number of benzene rings is 1. The van der Waals surface area contributed by atoms with Gasteiger partial charge in [0.05, 0.1) is 13.2 Å². The second kappa shape index (κ2) is 8.98. The molecular formula is C21H33N3O2. The van der Waals surface area contributed by atoms with Crippen molar-refractivity contribution in [2.45, 2.75) is 38.3 Å². The lowest BCUT2D eigenvalue weighted by Crippen LogP contribution is -2.46. The minimum Gasteiger partial charge on any atom is -0.392 e. The smallest absolute Gasteiger partial charge is 0.236 e. The largest absolute Gasteiger partial charge is 0.392 e. The number of aliphatic hydroxyl groups is 1. The van der Waals surface area contributed by atoms with Crippen LogP contribution >= 0.6 is 0 Å². The average molecular weight is 360 g/mol. The summed E-state index contributed by atoms with van der Waals surface area (Å²) in [4.78, 5) is 19.4. The Kier molecular flexibility index (Phi) is 6.68. The predicted octanol–water partition coefficient (Wildman–Crippen LogP) is 1.60. The van der Waals surface area contributed by atoms with Crippen LogP contribution in [0.5, 0.6) is 0 Å². The summed E-state index contributed by atoms with van der Waals surface area (Å²) in [6.07, 6.45) is 4.38. The Morgan fingerprint density at radius 1 is 1.19 bits per heavy atom. The van der Waals surface area contributed by atoms with Gasteiger partial charge in [-0.3, -0.25) is 9.69 Å². The van der Waals surface area contributed by atoms with Gasteiger partial charge in [0.15, 0.2) is 0 Å². The fourth-order valence-corrected chi connectivity index (χ4v) is 4.29. The van der Waals surface area contributed by atoms with Crippen LogP contribution in [0.2, 0.25) is 0 Å². The van der Waals surface area contributed by atoms with Crippen molar-refractivity contribution < 1.29 is 9.90 Å². The van der Waals surface area contributed by atoms with E-state index in [2.05, 4.69) is 36.0 Å². The normalized spacial score (nSPS) is 22.3. The SMILES string of the molecule is CN1CCC(N(C)CC(=O)N2CC[C@H](Cc3cccc(CO)c3)C2)CC1. The summed E-state index contributed by atoms with van der Waals surface area (Å²) in [7, 11) is 4.27. The zero-order chi connectivity index (χ0) is 18.5. The van der Waals surface area contributed by atoms with E-state index in [0.717, 1.165) is 57.4 Å². The summed E-state index contributed by atoms with van der Waals surface area (Å²) in [5, 5.41) is 9.28. The lowest BCUT2D eigenvalue weighted by atomic mass is 9.97. The summed E-state index contributed by atoms with van der Waals surface area (Å²) in [5.74, 6) is 0.805. The maximum Gasteiger partial charge on any atom is 0.236 e. The van der Waals surface area contributed by atoms with Crippen LogP contribution in [0.15, 0.2) is 24.3 Å². The number of likely N-dealkylation sites (tertiary alicyclic amines) is 2. The number of hydrogen-bond acceptors (Lipinski definition) is 4. The van der Waals surface area contributed by atoms with Crippen LogP contribution in [-0.4, -0.2) is 78.6 Å². The molecule has 1 aromatic carbocycles. The molecule has 2 heterocycles. The molecule has 1 atom stereocenters. The zero-order valence-corrected chi connectivity index (χ0v) is 16.2. The van der Waals surface area contributed by atoms with Crippen molar-refractivity contribution in [2.75, 3.05) is 46.8 Å². The second-order valence-corrected chi connectivity index (χ2v) is 8.13. The van der Waals surface area contributed by atoms with Gasteiger partial charge in [0.25, 0.3) is 0 Å². The molecule has 2 aliphatic heterocycles. The van der Waals surface area contributed by atoms with Gasteiger partial charge >= 0.3 is 0 Å². The number of carbonyl (C=O) groups is 1. The molecule has 0 spiro atoms. The second-order valence-electron chi connectivity index (χ2n) is 8.13. The van der Waals surface area contributed by atoms with Crippen molar-refractivity contribution in [2.24, 2.45) is 5.92 Å². The number of nitrogens with zero attached hydrogens (tertiary/aromatic N) is 3. The van der Waals surface area contributed by atoms with Gasteiger partial charge in [0.1, 0.15) is 0 Å². The van der Waals surface area contributed by atoms with Crippen molar-refractivity contribution in [3.05, 3.63) is 35.4 Å². The topological polar surface area (TPSA) is 47.0 Å². The molecule has 3 rings (SSSR count). The first kappa shape index (κ1) is 19.3. The van der Waals surface area contributed by atoms with E-state index in [4.69, 9.17) is 0 Å². The molecule has 0 aliphatic carbocycles. The number of hydrogen-bond donors (Lipinski definition) is 1. The number of piperidine rings is 1. The molecule has 2 saturated heterocycles. The molecule has 5 nitrogen and oxygen atoms in total. The van der Waals surface area contributed by atoms with Crippen LogP contribution < -0.4 is 0 Å². The molecule has 2 aliphatic rings. The summed E-state index contributed by atoms with van der Waals surface area (Å²) >= 11 is 0. The maximum atomic E-state index is 12.7. The summed E-state index contributed by atoms with van der Waals surface area (Å²) < 4.78 is 0.